The lowest BCUT2D eigenvalue weighted by Crippen LogP contribution is -2.40. The van der Waals surface area contributed by atoms with E-state index in [0.29, 0.717) is 10.7 Å². The number of hydrogen-bond acceptors (Lipinski definition) is 3. The average molecular weight is 270 g/mol. The summed E-state index contributed by atoms with van der Waals surface area (Å²) in [5, 5.41) is 0.607. The molecule has 5 heteroatoms. The van der Waals surface area contributed by atoms with Crippen molar-refractivity contribution in [1.29, 1.82) is 0 Å². The molecule has 0 atom stereocenters. The number of halogens is 1. The molecule has 0 saturated carbocycles. The molecule has 0 aliphatic rings. The largest absolute Gasteiger partial charge is 0.397 e. The summed E-state index contributed by atoms with van der Waals surface area (Å²) < 4.78 is 0. The van der Waals surface area contributed by atoms with Crippen LogP contribution in [-0.2, 0) is 4.79 Å². The van der Waals surface area contributed by atoms with Crippen LogP contribution in [0.25, 0.3) is 0 Å². The second-order valence-electron chi connectivity index (χ2n) is 4.66. The molecule has 0 saturated heterocycles. The Morgan fingerprint density at radius 2 is 2.00 bits per heavy atom. The number of carbonyl (C=O) groups excluding carboxylic acids is 1. The van der Waals surface area contributed by atoms with E-state index >= 15 is 0 Å². The zero-order chi connectivity index (χ0) is 13.9. The van der Waals surface area contributed by atoms with Gasteiger partial charge >= 0.3 is 0 Å². The summed E-state index contributed by atoms with van der Waals surface area (Å²) >= 11 is 5.93. The van der Waals surface area contributed by atoms with Crippen LogP contribution in [0.15, 0.2) is 18.2 Å². The minimum Gasteiger partial charge on any atom is -0.397 e. The fourth-order valence-electron chi connectivity index (χ4n) is 1.53. The van der Waals surface area contributed by atoms with E-state index in [1.165, 1.54) is 0 Å². The van der Waals surface area contributed by atoms with Gasteiger partial charge in [-0.05, 0) is 32.0 Å². The maximum absolute atomic E-state index is 12.0. The summed E-state index contributed by atoms with van der Waals surface area (Å²) in [5.74, 6) is 0.0480. The molecule has 0 fully saturated rings. The summed E-state index contributed by atoms with van der Waals surface area (Å²) in [4.78, 5) is 15.5. The van der Waals surface area contributed by atoms with Gasteiger partial charge in [-0.1, -0.05) is 11.6 Å². The molecule has 0 aliphatic heterocycles. The van der Waals surface area contributed by atoms with Crippen LogP contribution in [0.1, 0.15) is 13.8 Å². The molecule has 0 spiro atoms. The Morgan fingerprint density at radius 3 is 2.56 bits per heavy atom. The number of nitrogens with zero attached hydrogens (tertiary/aromatic N) is 2. The van der Waals surface area contributed by atoms with Crippen LogP contribution in [0.4, 0.5) is 11.4 Å². The highest BCUT2D eigenvalue weighted by Gasteiger charge is 2.15. The molecule has 1 aromatic rings. The lowest BCUT2D eigenvalue weighted by atomic mass is 10.2. The van der Waals surface area contributed by atoms with E-state index in [-0.39, 0.29) is 18.5 Å². The quantitative estimate of drug-likeness (QED) is 0.853. The molecular weight excluding hydrogens is 250 g/mol. The number of anilines is 2. The van der Waals surface area contributed by atoms with Crippen LogP contribution < -0.4 is 10.6 Å². The lowest BCUT2D eigenvalue weighted by Gasteiger charge is -2.26. The minimum absolute atomic E-state index is 0.0480. The first kappa shape index (κ1) is 14.6. The number of benzene rings is 1. The zero-order valence-electron chi connectivity index (χ0n) is 11.3. The van der Waals surface area contributed by atoms with E-state index in [2.05, 4.69) is 0 Å². The number of amides is 1. The van der Waals surface area contributed by atoms with E-state index in [1.54, 1.807) is 30.1 Å². The Bertz CT molecular complexity index is 434. The number of nitrogens with two attached hydrogens (primary N) is 1. The Hall–Kier alpha value is -1.42. The van der Waals surface area contributed by atoms with Gasteiger partial charge in [-0.25, -0.2) is 0 Å². The topological polar surface area (TPSA) is 49.6 Å². The van der Waals surface area contributed by atoms with E-state index in [1.807, 2.05) is 25.8 Å². The van der Waals surface area contributed by atoms with Crippen LogP contribution in [-0.4, -0.2) is 37.5 Å². The van der Waals surface area contributed by atoms with Crippen molar-refractivity contribution >= 4 is 28.9 Å². The normalized spacial score (nSPS) is 10.6. The molecule has 1 rings (SSSR count). The summed E-state index contributed by atoms with van der Waals surface area (Å²) in [6.45, 7) is 4.23. The van der Waals surface area contributed by atoms with Gasteiger partial charge in [-0.15, -0.1) is 0 Å². The lowest BCUT2D eigenvalue weighted by molar-refractivity contribution is -0.129. The summed E-state index contributed by atoms with van der Waals surface area (Å²) in [7, 11) is 3.62. The molecule has 4 nitrogen and oxygen atoms in total. The van der Waals surface area contributed by atoms with Crippen LogP contribution >= 0.6 is 11.6 Å². The molecule has 0 bridgehead atoms. The molecule has 1 amide bonds. The zero-order valence-corrected chi connectivity index (χ0v) is 12.0. The standard InChI is InChI=1S/C13H20ClN3O/c1-9(2)17(4)13(18)8-16(3)12-7-10(14)5-6-11(12)15/h5-7,9H,8,15H2,1-4H3. The molecule has 100 valence electrons. The van der Waals surface area contributed by atoms with Gasteiger partial charge in [0.15, 0.2) is 0 Å². The van der Waals surface area contributed by atoms with Crippen LogP contribution in [0, 0.1) is 0 Å². The predicted octanol–water partition coefficient (Wildman–Crippen LogP) is 2.23. The third-order valence-corrected chi connectivity index (χ3v) is 3.18. The molecule has 0 unspecified atom stereocenters. The highest BCUT2D eigenvalue weighted by molar-refractivity contribution is 6.31. The average Bonchev–Trinajstić information content (AvgIpc) is 2.30. The Balaban J connectivity index is 2.79. The van der Waals surface area contributed by atoms with E-state index in [9.17, 15) is 4.79 Å². The molecule has 0 heterocycles. The Kier molecular flexibility index (Phi) is 4.84. The number of rotatable bonds is 4. The highest BCUT2D eigenvalue weighted by Crippen LogP contribution is 2.25. The molecule has 18 heavy (non-hydrogen) atoms. The van der Waals surface area contributed by atoms with Gasteiger partial charge < -0.3 is 15.5 Å². The molecule has 1 aromatic carbocycles. The van der Waals surface area contributed by atoms with Gasteiger partial charge in [0.2, 0.25) is 5.91 Å². The smallest absolute Gasteiger partial charge is 0.242 e. The van der Waals surface area contributed by atoms with E-state index in [4.69, 9.17) is 17.3 Å². The SMILES string of the molecule is CC(C)N(C)C(=O)CN(C)c1cc(Cl)ccc1N. The minimum atomic E-state index is 0.0480. The first-order valence-electron chi connectivity index (χ1n) is 5.84. The number of hydrogen-bond donors (Lipinski definition) is 1. The second-order valence-corrected chi connectivity index (χ2v) is 5.09. The van der Waals surface area contributed by atoms with Crippen LogP contribution in [0.3, 0.4) is 0 Å². The fraction of sp³-hybridized carbons (Fsp3) is 0.462. The van der Waals surface area contributed by atoms with Crippen LogP contribution in [0.2, 0.25) is 5.02 Å². The van der Waals surface area contributed by atoms with Gasteiger partial charge in [0.25, 0.3) is 0 Å². The van der Waals surface area contributed by atoms with Crippen molar-refractivity contribution in [3.8, 4) is 0 Å². The highest BCUT2D eigenvalue weighted by atomic mass is 35.5. The van der Waals surface area contributed by atoms with Crippen molar-refractivity contribution in [2.24, 2.45) is 0 Å². The maximum Gasteiger partial charge on any atom is 0.242 e. The van der Waals surface area contributed by atoms with Crippen molar-refractivity contribution in [3.63, 3.8) is 0 Å². The molecule has 2 N–H and O–H groups in total. The van der Waals surface area contributed by atoms with Crippen molar-refractivity contribution in [3.05, 3.63) is 23.2 Å². The Labute approximate surface area is 113 Å². The van der Waals surface area contributed by atoms with Gasteiger partial charge in [0.1, 0.15) is 0 Å². The number of likely N-dealkylation sites (N-methyl/N-ethyl adjacent to an activating group) is 2. The molecular formula is C13H20ClN3O. The second kappa shape index (κ2) is 5.96. The first-order valence-corrected chi connectivity index (χ1v) is 6.22. The monoisotopic (exact) mass is 269 g/mol. The summed E-state index contributed by atoms with van der Waals surface area (Å²) in [5.41, 5.74) is 7.26. The Morgan fingerprint density at radius 1 is 1.39 bits per heavy atom. The van der Waals surface area contributed by atoms with Crippen molar-refractivity contribution in [1.82, 2.24) is 4.90 Å². The van der Waals surface area contributed by atoms with Gasteiger partial charge in [0, 0.05) is 25.2 Å². The number of nitrogen functional groups attached to an aromatic ring is 1. The first-order chi connectivity index (χ1) is 8.32. The van der Waals surface area contributed by atoms with Crippen molar-refractivity contribution in [2.45, 2.75) is 19.9 Å². The maximum atomic E-state index is 12.0. The molecule has 0 aromatic heterocycles. The molecule has 0 radical (unpaired) electrons. The van der Waals surface area contributed by atoms with E-state index < -0.39 is 0 Å². The van der Waals surface area contributed by atoms with Gasteiger partial charge in [-0.2, -0.15) is 0 Å². The third-order valence-electron chi connectivity index (χ3n) is 2.94. The van der Waals surface area contributed by atoms with Crippen molar-refractivity contribution in [2.75, 3.05) is 31.3 Å². The fourth-order valence-corrected chi connectivity index (χ4v) is 1.70. The van der Waals surface area contributed by atoms with Crippen LogP contribution in [0.5, 0.6) is 0 Å². The van der Waals surface area contributed by atoms with E-state index in [0.717, 1.165) is 5.69 Å². The predicted molar refractivity (Wildman–Crippen MR) is 77.0 cm³/mol. The third kappa shape index (κ3) is 3.53. The summed E-state index contributed by atoms with van der Waals surface area (Å²) in [6, 6.07) is 5.42. The van der Waals surface area contributed by atoms with Gasteiger partial charge in [0.05, 0.1) is 17.9 Å². The summed E-state index contributed by atoms with van der Waals surface area (Å²) in [6.07, 6.45) is 0. The van der Waals surface area contributed by atoms with Crippen molar-refractivity contribution < 1.29 is 4.79 Å². The number of carbonyl (C=O) groups is 1. The molecule has 0 aliphatic carbocycles. The van der Waals surface area contributed by atoms with Gasteiger partial charge in [-0.3, -0.25) is 4.79 Å².